The zero-order valence-electron chi connectivity index (χ0n) is 12.2. The molecule has 0 unspecified atom stereocenters. The van der Waals surface area contributed by atoms with E-state index in [0.717, 1.165) is 19.6 Å². The van der Waals surface area contributed by atoms with E-state index >= 15 is 0 Å². The molecule has 2 N–H and O–H groups in total. The largest absolute Gasteiger partial charge is 0.385 e. The standard InChI is InChI=1S/C15H24N2OS/c1-11-6-7-14(10-12(11)2)13(3)17-15(19)16-8-5-9-18-4/h6-7,10,13H,5,8-9H2,1-4H3,(H2,16,17,19)/t13-/m1/s1. The van der Waals surface area contributed by atoms with Crippen molar-refractivity contribution in [2.45, 2.75) is 33.2 Å². The number of nitrogens with one attached hydrogen (secondary N) is 2. The second kappa shape index (κ2) is 8.12. The quantitative estimate of drug-likeness (QED) is 0.620. The first-order valence-corrected chi connectivity index (χ1v) is 7.06. The van der Waals surface area contributed by atoms with E-state index in [-0.39, 0.29) is 6.04 Å². The monoisotopic (exact) mass is 280 g/mol. The van der Waals surface area contributed by atoms with Gasteiger partial charge in [0.15, 0.2) is 5.11 Å². The van der Waals surface area contributed by atoms with Crippen LogP contribution in [0.25, 0.3) is 0 Å². The smallest absolute Gasteiger partial charge is 0.166 e. The van der Waals surface area contributed by atoms with Crippen molar-refractivity contribution < 1.29 is 4.74 Å². The third-order valence-electron chi connectivity index (χ3n) is 3.19. The van der Waals surface area contributed by atoms with Gasteiger partial charge in [0.2, 0.25) is 0 Å². The summed E-state index contributed by atoms with van der Waals surface area (Å²) in [6.07, 6.45) is 0.955. The molecule has 4 heteroatoms. The summed E-state index contributed by atoms with van der Waals surface area (Å²) in [5.41, 5.74) is 3.88. The van der Waals surface area contributed by atoms with Crippen LogP contribution in [0.5, 0.6) is 0 Å². The molecular weight excluding hydrogens is 256 g/mol. The SMILES string of the molecule is COCCCNC(=S)N[C@H](C)c1ccc(C)c(C)c1. The number of aryl methyl sites for hydroxylation is 2. The molecule has 0 aromatic heterocycles. The van der Waals surface area contributed by atoms with Gasteiger partial charge in [0.25, 0.3) is 0 Å². The van der Waals surface area contributed by atoms with Crippen molar-refractivity contribution in [2.75, 3.05) is 20.3 Å². The third-order valence-corrected chi connectivity index (χ3v) is 3.45. The van der Waals surface area contributed by atoms with Crippen LogP contribution in [0.1, 0.15) is 36.1 Å². The highest BCUT2D eigenvalue weighted by Gasteiger charge is 2.07. The van der Waals surface area contributed by atoms with E-state index in [1.807, 2.05) is 0 Å². The Morgan fingerprint density at radius 1 is 1.32 bits per heavy atom. The van der Waals surface area contributed by atoms with Gasteiger partial charge in [-0.1, -0.05) is 18.2 Å². The van der Waals surface area contributed by atoms with Crippen LogP contribution >= 0.6 is 12.2 Å². The van der Waals surface area contributed by atoms with Crippen LogP contribution in [0.15, 0.2) is 18.2 Å². The summed E-state index contributed by atoms with van der Waals surface area (Å²) in [6.45, 7) is 7.96. The minimum Gasteiger partial charge on any atom is -0.385 e. The molecule has 0 spiro atoms. The van der Waals surface area contributed by atoms with Crippen LogP contribution in [0.2, 0.25) is 0 Å². The topological polar surface area (TPSA) is 33.3 Å². The molecule has 1 aromatic carbocycles. The van der Waals surface area contributed by atoms with Crippen LogP contribution in [0, 0.1) is 13.8 Å². The van der Waals surface area contributed by atoms with Crippen molar-refractivity contribution in [1.82, 2.24) is 10.6 Å². The van der Waals surface area contributed by atoms with Gasteiger partial charge in [-0.15, -0.1) is 0 Å². The van der Waals surface area contributed by atoms with E-state index in [0.29, 0.717) is 5.11 Å². The fourth-order valence-corrected chi connectivity index (χ4v) is 2.06. The van der Waals surface area contributed by atoms with Gasteiger partial charge < -0.3 is 15.4 Å². The van der Waals surface area contributed by atoms with Crippen molar-refractivity contribution in [3.8, 4) is 0 Å². The second-order valence-corrected chi connectivity index (χ2v) is 5.22. The average molecular weight is 280 g/mol. The lowest BCUT2D eigenvalue weighted by atomic mass is 10.0. The summed E-state index contributed by atoms with van der Waals surface area (Å²) in [5.74, 6) is 0. The molecule has 1 atom stereocenters. The first-order chi connectivity index (χ1) is 9.04. The summed E-state index contributed by atoms with van der Waals surface area (Å²) in [6, 6.07) is 6.72. The number of rotatable bonds is 6. The van der Waals surface area contributed by atoms with E-state index in [1.54, 1.807) is 7.11 Å². The number of hydrogen-bond donors (Lipinski definition) is 2. The second-order valence-electron chi connectivity index (χ2n) is 4.81. The summed E-state index contributed by atoms with van der Waals surface area (Å²) >= 11 is 5.28. The molecule has 0 radical (unpaired) electrons. The predicted molar refractivity (Wildman–Crippen MR) is 84.6 cm³/mol. The zero-order valence-corrected chi connectivity index (χ0v) is 13.1. The molecule has 1 aromatic rings. The highest BCUT2D eigenvalue weighted by atomic mass is 32.1. The van der Waals surface area contributed by atoms with Gasteiger partial charge in [-0.05, 0) is 56.1 Å². The molecule has 0 aliphatic rings. The Kier molecular flexibility index (Phi) is 6.81. The lowest BCUT2D eigenvalue weighted by molar-refractivity contribution is 0.195. The molecule has 0 amide bonds. The maximum Gasteiger partial charge on any atom is 0.166 e. The van der Waals surface area contributed by atoms with Gasteiger partial charge in [0.1, 0.15) is 0 Å². The van der Waals surface area contributed by atoms with E-state index < -0.39 is 0 Å². The van der Waals surface area contributed by atoms with E-state index in [4.69, 9.17) is 17.0 Å². The molecule has 0 saturated heterocycles. The third kappa shape index (κ3) is 5.57. The molecule has 0 heterocycles. The Balaban J connectivity index is 2.43. The lowest BCUT2D eigenvalue weighted by Crippen LogP contribution is -2.37. The van der Waals surface area contributed by atoms with Crippen molar-refractivity contribution in [3.63, 3.8) is 0 Å². The lowest BCUT2D eigenvalue weighted by Gasteiger charge is -2.18. The highest BCUT2D eigenvalue weighted by Crippen LogP contribution is 2.16. The Morgan fingerprint density at radius 2 is 2.05 bits per heavy atom. The number of methoxy groups -OCH3 is 1. The molecule has 0 saturated carbocycles. The zero-order chi connectivity index (χ0) is 14.3. The van der Waals surface area contributed by atoms with Gasteiger partial charge >= 0.3 is 0 Å². The maximum atomic E-state index is 5.28. The average Bonchev–Trinajstić information content (AvgIpc) is 2.38. The van der Waals surface area contributed by atoms with E-state index in [1.165, 1.54) is 16.7 Å². The van der Waals surface area contributed by atoms with Gasteiger partial charge in [0.05, 0.1) is 6.04 Å². The normalized spacial score (nSPS) is 12.0. The van der Waals surface area contributed by atoms with Crippen molar-refractivity contribution >= 4 is 17.3 Å². The molecule has 1 rings (SSSR count). The molecule has 19 heavy (non-hydrogen) atoms. The first-order valence-electron chi connectivity index (χ1n) is 6.65. The Bertz CT molecular complexity index is 421. The molecular formula is C15H24N2OS. The summed E-state index contributed by atoms with van der Waals surface area (Å²) in [7, 11) is 1.71. The maximum absolute atomic E-state index is 5.28. The van der Waals surface area contributed by atoms with Gasteiger partial charge in [-0.25, -0.2) is 0 Å². The van der Waals surface area contributed by atoms with Gasteiger partial charge in [0, 0.05) is 20.3 Å². The molecule has 0 fully saturated rings. The molecule has 106 valence electrons. The summed E-state index contributed by atoms with van der Waals surface area (Å²) < 4.78 is 4.99. The Hall–Kier alpha value is -1.13. The van der Waals surface area contributed by atoms with Crippen LogP contribution in [-0.4, -0.2) is 25.4 Å². The minimum absolute atomic E-state index is 0.210. The fourth-order valence-electron chi connectivity index (χ4n) is 1.78. The molecule has 0 aliphatic carbocycles. The minimum atomic E-state index is 0.210. The van der Waals surface area contributed by atoms with Gasteiger partial charge in [-0.2, -0.15) is 0 Å². The predicted octanol–water partition coefficient (Wildman–Crippen LogP) is 2.87. The van der Waals surface area contributed by atoms with Crippen LogP contribution in [0.4, 0.5) is 0 Å². The van der Waals surface area contributed by atoms with Crippen LogP contribution in [0.3, 0.4) is 0 Å². The summed E-state index contributed by atoms with van der Waals surface area (Å²) in [5, 5.41) is 7.18. The number of thiocarbonyl (C=S) groups is 1. The Morgan fingerprint density at radius 3 is 2.68 bits per heavy atom. The molecule has 0 bridgehead atoms. The van der Waals surface area contributed by atoms with E-state index in [2.05, 4.69) is 49.6 Å². The number of ether oxygens (including phenoxy) is 1. The number of benzene rings is 1. The van der Waals surface area contributed by atoms with Gasteiger partial charge in [-0.3, -0.25) is 0 Å². The first kappa shape index (κ1) is 15.9. The van der Waals surface area contributed by atoms with Crippen molar-refractivity contribution in [2.24, 2.45) is 0 Å². The number of hydrogen-bond acceptors (Lipinski definition) is 2. The van der Waals surface area contributed by atoms with Crippen molar-refractivity contribution in [3.05, 3.63) is 34.9 Å². The Labute approximate surface area is 121 Å². The fraction of sp³-hybridized carbons (Fsp3) is 0.533. The molecule has 0 aliphatic heterocycles. The van der Waals surface area contributed by atoms with E-state index in [9.17, 15) is 0 Å². The van der Waals surface area contributed by atoms with Crippen LogP contribution < -0.4 is 10.6 Å². The van der Waals surface area contributed by atoms with Crippen LogP contribution in [-0.2, 0) is 4.74 Å². The highest BCUT2D eigenvalue weighted by molar-refractivity contribution is 7.80. The summed E-state index contributed by atoms with van der Waals surface area (Å²) in [4.78, 5) is 0. The van der Waals surface area contributed by atoms with Crippen molar-refractivity contribution in [1.29, 1.82) is 0 Å². The molecule has 3 nitrogen and oxygen atoms in total.